The number of benzene rings is 1. The molecule has 0 saturated carbocycles. The van der Waals surface area contributed by atoms with Gasteiger partial charge in [-0.2, -0.15) is 0 Å². The second kappa shape index (κ2) is 2.73. The van der Waals surface area contributed by atoms with Gasteiger partial charge in [-0.1, -0.05) is 5.16 Å². The maximum absolute atomic E-state index is 12.5. The summed E-state index contributed by atoms with van der Waals surface area (Å²) < 4.78 is 16.9. The maximum atomic E-state index is 12.5. The SMILES string of the molecule is Fc1ccc(-c2cnon2)cc1. The Hall–Kier alpha value is -1.71. The Bertz CT molecular complexity index is 355. The van der Waals surface area contributed by atoms with Gasteiger partial charge in [0.15, 0.2) is 0 Å². The van der Waals surface area contributed by atoms with E-state index >= 15 is 0 Å². The van der Waals surface area contributed by atoms with Gasteiger partial charge in [0, 0.05) is 5.56 Å². The number of hydrogen-bond donors (Lipinski definition) is 0. The quantitative estimate of drug-likeness (QED) is 0.645. The predicted octanol–water partition coefficient (Wildman–Crippen LogP) is 1.88. The first-order valence-electron chi connectivity index (χ1n) is 3.40. The fraction of sp³-hybridized carbons (Fsp3) is 0. The molecule has 2 rings (SSSR count). The van der Waals surface area contributed by atoms with Crippen molar-refractivity contribution in [1.29, 1.82) is 0 Å². The second-order valence-corrected chi connectivity index (χ2v) is 2.30. The van der Waals surface area contributed by atoms with E-state index in [0.717, 1.165) is 5.56 Å². The van der Waals surface area contributed by atoms with E-state index in [1.807, 2.05) is 0 Å². The van der Waals surface area contributed by atoms with Gasteiger partial charge >= 0.3 is 0 Å². The summed E-state index contributed by atoms with van der Waals surface area (Å²) in [5, 5.41) is 7.05. The Balaban J connectivity index is 2.43. The van der Waals surface area contributed by atoms with E-state index in [1.165, 1.54) is 18.3 Å². The summed E-state index contributed by atoms with van der Waals surface area (Å²) in [6.45, 7) is 0. The Morgan fingerprint density at radius 2 is 1.92 bits per heavy atom. The fourth-order valence-electron chi connectivity index (χ4n) is 0.913. The van der Waals surface area contributed by atoms with Crippen molar-refractivity contribution in [2.45, 2.75) is 0 Å². The summed E-state index contributed by atoms with van der Waals surface area (Å²) in [5.41, 5.74) is 1.40. The molecule has 3 nitrogen and oxygen atoms in total. The molecule has 0 fully saturated rings. The van der Waals surface area contributed by atoms with E-state index in [-0.39, 0.29) is 5.82 Å². The van der Waals surface area contributed by atoms with Gasteiger partial charge in [0.1, 0.15) is 11.5 Å². The molecule has 1 heterocycles. The first kappa shape index (κ1) is 6.97. The molecule has 0 spiro atoms. The molecule has 0 radical (unpaired) electrons. The van der Waals surface area contributed by atoms with Crippen molar-refractivity contribution in [3.05, 3.63) is 36.3 Å². The van der Waals surface area contributed by atoms with Crippen LogP contribution in [0.1, 0.15) is 0 Å². The van der Waals surface area contributed by atoms with Crippen molar-refractivity contribution in [2.24, 2.45) is 0 Å². The van der Waals surface area contributed by atoms with Crippen molar-refractivity contribution < 1.29 is 9.02 Å². The molecule has 4 heteroatoms. The molecule has 1 aromatic heterocycles. The van der Waals surface area contributed by atoms with Crippen LogP contribution in [0.15, 0.2) is 35.1 Å². The molecular formula is C8H5FN2O. The van der Waals surface area contributed by atoms with E-state index < -0.39 is 0 Å². The predicted molar refractivity (Wildman–Crippen MR) is 39.7 cm³/mol. The first-order chi connectivity index (χ1) is 5.86. The smallest absolute Gasteiger partial charge is 0.135 e. The molecule has 0 aliphatic heterocycles. The third kappa shape index (κ3) is 1.18. The average molecular weight is 164 g/mol. The highest BCUT2D eigenvalue weighted by Gasteiger charge is 2.00. The van der Waals surface area contributed by atoms with E-state index in [4.69, 9.17) is 0 Å². The molecular weight excluding hydrogens is 159 g/mol. The van der Waals surface area contributed by atoms with Gasteiger partial charge in [0.2, 0.25) is 0 Å². The molecule has 2 aromatic rings. The van der Waals surface area contributed by atoms with Gasteiger partial charge < -0.3 is 0 Å². The molecule has 0 saturated heterocycles. The minimum absolute atomic E-state index is 0.268. The Labute approximate surface area is 67.8 Å². The lowest BCUT2D eigenvalue weighted by Crippen LogP contribution is -1.77. The van der Waals surface area contributed by atoms with Crippen LogP contribution in [0.5, 0.6) is 0 Å². The van der Waals surface area contributed by atoms with Crippen LogP contribution in [-0.2, 0) is 0 Å². The minimum Gasteiger partial charge on any atom is -0.244 e. The van der Waals surface area contributed by atoms with Crippen LogP contribution in [-0.4, -0.2) is 10.3 Å². The zero-order valence-electron chi connectivity index (χ0n) is 6.07. The normalized spacial score (nSPS) is 10.1. The van der Waals surface area contributed by atoms with Crippen LogP contribution in [0.3, 0.4) is 0 Å². The summed E-state index contributed by atoms with van der Waals surface area (Å²) in [6, 6.07) is 5.97. The van der Waals surface area contributed by atoms with Gasteiger partial charge in [0.25, 0.3) is 0 Å². The molecule has 0 unspecified atom stereocenters. The number of nitrogens with zero attached hydrogens (tertiary/aromatic N) is 2. The molecule has 12 heavy (non-hydrogen) atoms. The summed E-state index contributed by atoms with van der Waals surface area (Å²) >= 11 is 0. The average Bonchev–Trinajstić information content (AvgIpc) is 2.58. The van der Waals surface area contributed by atoms with Gasteiger partial charge in [-0.05, 0) is 29.4 Å². The second-order valence-electron chi connectivity index (χ2n) is 2.30. The van der Waals surface area contributed by atoms with Gasteiger partial charge in [-0.15, -0.1) is 0 Å². The van der Waals surface area contributed by atoms with Crippen molar-refractivity contribution in [2.75, 3.05) is 0 Å². The van der Waals surface area contributed by atoms with E-state index in [0.29, 0.717) is 5.69 Å². The third-order valence-corrected chi connectivity index (χ3v) is 1.50. The monoisotopic (exact) mass is 164 g/mol. The zero-order chi connectivity index (χ0) is 8.39. The van der Waals surface area contributed by atoms with Crippen LogP contribution in [0, 0.1) is 5.82 Å². The minimum atomic E-state index is -0.268. The highest BCUT2D eigenvalue weighted by molar-refractivity contribution is 5.56. The Morgan fingerprint density at radius 3 is 2.50 bits per heavy atom. The lowest BCUT2D eigenvalue weighted by atomic mass is 10.2. The third-order valence-electron chi connectivity index (χ3n) is 1.50. The number of aromatic nitrogens is 2. The van der Waals surface area contributed by atoms with Crippen LogP contribution in [0.4, 0.5) is 4.39 Å². The summed E-state index contributed by atoms with van der Waals surface area (Å²) in [6.07, 6.45) is 1.48. The van der Waals surface area contributed by atoms with Crippen molar-refractivity contribution in [3.8, 4) is 11.3 Å². The van der Waals surface area contributed by atoms with Gasteiger partial charge in [-0.25, -0.2) is 9.02 Å². The van der Waals surface area contributed by atoms with Crippen LogP contribution >= 0.6 is 0 Å². The first-order valence-corrected chi connectivity index (χ1v) is 3.40. The lowest BCUT2D eigenvalue weighted by molar-refractivity contribution is 0.308. The molecule has 0 aliphatic rings. The van der Waals surface area contributed by atoms with Gasteiger partial charge in [0.05, 0.1) is 6.20 Å². The van der Waals surface area contributed by atoms with E-state index in [2.05, 4.69) is 14.9 Å². The van der Waals surface area contributed by atoms with Crippen molar-refractivity contribution in [3.63, 3.8) is 0 Å². The highest BCUT2D eigenvalue weighted by atomic mass is 19.1. The summed E-state index contributed by atoms with van der Waals surface area (Å²) in [4.78, 5) is 0. The number of halogens is 1. The number of hydrogen-bond acceptors (Lipinski definition) is 3. The summed E-state index contributed by atoms with van der Waals surface area (Å²) in [5.74, 6) is -0.268. The van der Waals surface area contributed by atoms with Crippen LogP contribution in [0.25, 0.3) is 11.3 Å². The molecule has 0 aliphatic carbocycles. The Kier molecular flexibility index (Phi) is 1.59. The molecule has 0 bridgehead atoms. The lowest BCUT2D eigenvalue weighted by Gasteiger charge is -1.92. The molecule has 0 amide bonds. The van der Waals surface area contributed by atoms with Crippen LogP contribution < -0.4 is 0 Å². The van der Waals surface area contributed by atoms with E-state index in [9.17, 15) is 4.39 Å². The number of rotatable bonds is 1. The fourth-order valence-corrected chi connectivity index (χ4v) is 0.913. The molecule has 0 atom stereocenters. The van der Waals surface area contributed by atoms with Gasteiger partial charge in [-0.3, -0.25) is 0 Å². The molecule has 60 valence electrons. The maximum Gasteiger partial charge on any atom is 0.135 e. The van der Waals surface area contributed by atoms with E-state index in [1.54, 1.807) is 12.1 Å². The molecule has 0 N–H and O–H groups in total. The Morgan fingerprint density at radius 1 is 1.17 bits per heavy atom. The highest BCUT2D eigenvalue weighted by Crippen LogP contribution is 2.15. The standard InChI is InChI=1S/C8H5FN2O/c9-7-3-1-6(2-4-7)8-5-10-12-11-8/h1-5H. The summed E-state index contributed by atoms with van der Waals surface area (Å²) in [7, 11) is 0. The largest absolute Gasteiger partial charge is 0.244 e. The molecule has 1 aromatic carbocycles. The van der Waals surface area contributed by atoms with Crippen LogP contribution in [0.2, 0.25) is 0 Å². The zero-order valence-corrected chi connectivity index (χ0v) is 6.07. The topological polar surface area (TPSA) is 38.9 Å². The van der Waals surface area contributed by atoms with Crippen molar-refractivity contribution >= 4 is 0 Å². The van der Waals surface area contributed by atoms with Crippen molar-refractivity contribution in [1.82, 2.24) is 10.3 Å².